The summed E-state index contributed by atoms with van der Waals surface area (Å²) < 4.78 is 6.75. The molecular formula is C14H17BrO2. The lowest BCUT2D eigenvalue weighted by Gasteiger charge is -2.23. The Morgan fingerprint density at radius 1 is 1.29 bits per heavy atom. The van der Waals surface area contributed by atoms with Crippen molar-refractivity contribution in [3.63, 3.8) is 0 Å². The smallest absolute Gasteiger partial charge is 0.160 e. The number of hydrogen-bond donors (Lipinski definition) is 0. The third-order valence-corrected chi connectivity index (χ3v) is 3.83. The molecule has 0 heterocycles. The number of Topliss-reactive ketones (excluding diaryl/α,β-unsaturated/α-hetero) is 1. The Kier molecular flexibility index (Phi) is 4.21. The second kappa shape index (κ2) is 5.67. The first-order chi connectivity index (χ1) is 8.16. The molecule has 0 bridgehead atoms. The molecule has 3 heteroatoms. The van der Waals surface area contributed by atoms with Crippen LogP contribution in [0.15, 0.2) is 22.7 Å². The summed E-state index contributed by atoms with van der Waals surface area (Å²) >= 11 is 3.41. The molecule has 0 atom stereocenters. The molecule has 0 aromatic heterocycles. The maximum absolute atomic E-state index is 11.3. The average Bonchev–Trinajstić information content (AvgIpc) is 2.30. The fourth-order valence-corrected chi connectivity index (χ4v) is 2.87. The molecule has 1 aromatic carbocycles. The molecular weight excluding hydrogens is 280 g/mol. The quantitative estimate of drug-likeness (QED) is 0.775. The molecule has 1 aliphatic rings. The molecule has 1 aromatic rings. The first kappa shape index (κ1) is 12.6. The molecule has 0 spiro atoms. The fourth-order valence-electron chi connectivity index (χ4n) is 2.23. The summed E-state index contributed by atoms with van der Waals surface area (Å²) in [5.41, 5.74) is 0.709. The predicted octanol–water partition coefficient (Wildman–Crippen LogP) is 4.36. The van der Waals surface area contributed by atoms with Crippen molar-refractivity contribution >= 4 is 21.7 Å². The maximum Gasteiger partial charge on any atom is 0.160 e. The molecule has 0 aliphatic heterocycles. The number of ketones is 1. The fraction of sp³-hybridized carbons (Fsp3) is 0.500. The van der Waals surface area contributed by atoms with Crippen molar-refractivity contribution in [2.24, 2.45) is 0 Å². The van der Waals surface area contributed by atoms with Gasteiger partial charge in [-0.05, 0) is 66.7 Å². The average molecular weight is 297 g/mol. The minimum Gasteiger partial charge on any atom is -0.490 e. The van der Waals surface area contributed by atoms with E-state index < -0.39 is 0 Å². The third-order valence-electron chi connectivity index (χ3n) is 3.17. The summed E-state index contributed by atoms with van der Waals surface area (Å²) in [7, 11) is 0. The van der Waals surface area contributed by atoms with Crippen LogP contribution in [-0.4, -0.2) is 11.9 Å². The van der Waals surface area contributed by atoms with Gasteiger partial charge in [-0.25, -0.2) is 0 Å². The molecule has 2 nitrogen and oxygen atoms in total. The lowest BCUT2D eigenvalue weighted by molar-refractivity contribution is 0.101. The number of halogens is 1. The van der Waals surface area contributed by atoms with Gasteiger partial charge in [0.25, 0.3) is 0 Å². The summed E-state index contributed by atoms with van der Waals surface area (Å²) in [6.45, 7) is 1.57. The van der Waals surface area contributed by atoms with Crippen molar-refractivity contribution in [3.05, 3.63) is 28.2 Å². The molecule has 0 radical (unpaired) electrons. The Labute approximate surface area is 110 Å². The van der Waals surface area contributed by atoms with E-state index in [0.29, 0.717) is 11.7 Å². The zero-order valence-electron chi connectivity index (χ0n) is 10.0. The number of ether oxygens (including phenoxy) is 1. The van der Waals surface area contributed by atoms with Gasteiger partial charge < -0.3 is 4.74 Å². The number of hydrogen-bond acceptors (Lipinski definition) is 2. The van der Waals surface area contributed by atoms with E-state index >= 15 is 0 Å². The Hall–Kier alpha value is -0.830. The maximum atomic E-state index is 11.3. The molecule has 2 rings (SSSR count). The van der Waals surface area contributed by atoms with E-state index in [1.807, 2.05) is 18.2 Å². The van der Waals surface area contributed by atoms with Crippen LogP contribution in [0, 0.1) is 0 Å². The van der Waals surface area contributed by atoms with Crippen molar-refractivity contribution < 1.29 is 9.53 Å². The highest BCUT2D eigenvalue weighted by Gasteiger charge is 2.15. The van der Waals surface area contributed by atoms with Crippen LogP contribution in [0.4, 0.5) is 0 Å². The van der Waals surface area contributed by atoms with Gasteiger partial charge in [0.15, 0.2) is 5.78 Å². The van der Waals surface area contributed by atoms with Crippen molar-refractivity contribution in [2.45, 2.75) is 45.1 Å². The van der Waals surface area contributed by atoms with E-state index in [1.165, 1.54) is 19.3 Å². The van der Waals surface area contributed by atoms with E-state index in [1.54, 1.807) is 6.92 Å². The Morgan fingerprint density at radius 2 is 2.00 bits per heavy atom. The van der Waals surface area contributed by atoms with Gasteiger partial charge in [0, 0.05) is 10.0 Å². The Bertz CT molecular complexity index is 409. The molecule has 0 N–H and O–H groups in total. The molecule has 0 saturated heterocycles. The third kappa shape index (κ3) is 3.32. The van der Waals surface area contributed by atoms with Crippen molar-refractivity contribution in [3.8, 4) is 5.75 Å². The first-order valence-electron chi connectivity index (χ1n) is 6.14. The molecule has 1 saturated carbocycles. The molecule has 0 amide bonds. The van der Waals surface area contributed by atoms with Gasteiger partial charge in [-0.3, -0.25) is 4.79 Å². The van der Waals surface area contributed by atoms with E-state index in [9.17, 15) is 4.79 Å². The lowest BCUT2D eigenvalue weighted by Crippen LogP contribution is -2.19. The van der Waals surface area contributed by atoms with Crippen LogP contribution in [-0.2, 0) is 0 Å². The van der Waals surface area contributed by atoms with E-state index in [0.717, 1.165) is 23.1 Å². The number of rotatable bonds is 3. The van der Waals surface area contributed by atoms with Gasteiger partial charge in [0.1, 0.15) is 5.75 Å². The van der Waals surface area contributed by atoms with Crippen molar-refractivity contribution in [1.82, 2.24) is 0 Å². The zero-order chi connectivity index (χ0) is 12.3. The summed E-state index contributed by atoms with van der Waals surface area (Å²) in [5, 5.41) is 0. The summed E-state index contributed by atoms with van der Waals surface area (Å²) in [6.07, 6.45) is 6.48. The minimum atomic E-state index is 0.0705. The Morgan fingerprint density at radius 3 is 2.59 bits per heavy atom. The van der Waals surface area contributed by atoms with Crippen LogP contribution in [0.5, 0.6) is 5.75 Å². The zero-order valence-corrected chi connectivity index (χ0v) is 11.6. The monoisotopic (exact) mass is 296 g/mol. The molecule has 17 heavy (non-hydrogen) atoms. The van der Waals surface area contributed by atoms with E-state index in [2.05, 4.69) is 15.9 Å². The highest BCUT2D eigenvalue weighted by atomic mass is 79.9. The van der Waals surface area contributed by atoms with E-state index in [-0.39, 0.29) is 5.78 Å². The number of carbonyl (C=O) groups is 1. The summed E-state index contributed by atoms with van der Waals surface area (Å²) in [5.74, 6) is 0.926. The van der Waals surface area contributed by atoms with Crippen LogP contribution in [0.3, 0.4) is 0 Å². The standard InChI is InChI=1S/C14H17BrO2/c1-10(16)13-8-7-12(9-14(13)15)17-11-5-3-2-4-6-11/h7-9,11H,2-6H2,1H3. The summed E-state index contributed by atoms with van der Waals surface area (Å²) in [6, 6.07) is 5.60. The van der Waals surface area contributed by atoms with Crippen LogP contribution in [0.25, 0.3) is 0 Å². The Balaban J connectivity index is 2.06. The highest BCUT2D eigenvalue weighted by molar-refractivity contribution is 9.10. The van der Waals surface area contributed by atoms with E-state index in [4.69, 9.17) is 4.74 Å². The molecule has 0 unspecified atom stereocenters. The second-order valence-electron chi connectivity index (χ2n) is 4.58. The SMILES string of the molecule is CC(=O)c1ccc(OC2CCCCC2)cc1Br. The van der Waals surface area contributed by atoms with Crippen LogP contribution in [0.2, 0.25) is 0 Å². The van der Waals surface area contributed by atoms with Gasteiger partial charge >= 0.3 is 0 Å². The van der Waals surface area contributed by atoms with Crippen molar-refractivity contribution in [1.29, 1.82) is 0 Å². The number of carbonyl (C=O) groups excluding carboxylic acids is 1. The predicted molar refractivity (Wildman–Crippen MR) is 71.6 cm³/mol. The molecule has 92 valence electrons. The largest absolute Gasteiger partial charge is 0.490 e. The number of benzene rings is 1. The van der Waals surface area contributed by atoms with Gasteiger partial charge in [-0.15, -0.1) is 0 Å². The van der Waals surface area contributed by atoms with Crippen molar-refractivity contribution in [2.75, 3.05) is 0 Å². The minimum absolute atomic E-state index is 0.0705. The second-order valence-corrected chi connectivity index (χ2v) is 5.43. The van der Waals surface area contributed by atoms with Crippen LogP contribution < -0.4 is 4.74 Å². The topological polar surface area (TPSA) is 26.3 Å². The molecule has 1 fully saturated rings. The van der Waals surface area contributed by atoms with Gasteiger partial charge in [0.05, 0.1) is 6.10 Å². The van der Waals surface area contributed by atoms with Gasteiger partial charge in [-0.2, -0.15) is 0 Å². The van der Waals surface area contributed by atoms with Crippen LogP contribution >= 0.6 is 15.9 Å². The van der Waals surface area contributed by atoms with Gasteiger partial charge in [-0.1, -0.05) is 6.42 Å². The normalized spacial score (nSPS) is 16.8. The highest BCUT2D eigenvalue weighted by Crippen LogP contribution is 2.27. The summed E-state index contributed by atoms with van der Waals surface area (Å²) in [4.78, 5) is 11.3. The lowest BCUT2D eigenvalue weighted by atomic mass is 9.98. The van der Waals surface area contributed by atoms with Crippen LogP contribution in [0.1, 0.15) is 49.4 Å². The molecule has 1 aliphatic carbocycles. The van der Waals surface area contributed by atoms with Gasteiger partial charge in [0.2, 0.25) is 0 Å². The first-order valence-corrected chi connectivity index (χ1v) is 6.93.